The Morgan fingerprint density at radius 3 is 2.58 bits per heavy atom. The number of benzene rings is 2. The number of carbonyl (C=O) groups excluding carboxylic acids is 1. The topological polar surface area (TPSA) is 17.1 Å². The summed E-state index contributed by atoms with van der Waals surface area (Å²) in [5.74, 6) is -0.00154. The summed E-state index contributed by atoms with van der Waals surface area (Å²) in [6, 6.07) is 12.4. The molecule has 0 amide bonds. The van der Waals surface area contributed by atoms with Gasteiger partial charge >= 0.3 is 0 Å². The second-order valence-electron chi connectivity index (χ2n) is 4.68. The molecule has 0 N–H and O–H groups in total. The van der Waals surface area contributed by atoms with Gasteiger partial charge in [-0.2, -0.15) is 0 Å². The zero-order chi connectivity index (χ0) is 13.4. The first-order chi connectivity index (χ1) is 9.19. The number of thioether (sulfide) groups is 1. The van der Waals surface area contributed by atoms with E-state index in [9.17, 15) is 9.18 Å². The summed E-state index contributed by atoms with van der Waals surface area (Å²) in [6.07, 6.45) is 2.50. The van der Waals surface area contributed by atoms with Crippen LogP contribution in [0.1, 0.15) is 33.8 Å². The lowest BCUT2D eigenvalue weighted by Gasteiger charge is -2.12. The van der Waals surface area contributed by atoms with Gasteiger partial charge in [0, 0.05) is 22.8 Å². The first kappa shape index (κ1) is 12.4. The van der Waals surface area contributed by atoms with Gasteiger partial charge in [-0.15, -0.1) is 11.8 Å². The Morgan fingerprint density at radius 1 is 1.16 bits per heavy atom. The summed E-state index contributed by atoms with van der Waals surface area (Å²) in [4.78, 5) is 13.2. The van der Waals surface area contributed by atoms with Gasteiger partial charge in [-0.05, 0) is 41.6 Å². The van der Waals surface area contributed by atoms with Gasteiger partial charge in [0.15, 0.2) is 5.78 Å². The largest absolute Gasteiger partial charge is 0.294 e. The minimum absolute atomic E-state index is 0.0650. The molecule has 0 bridgehead atoms. The van der Waals surface area contributed by atoms with Crippen LogP contribution in [0.25, 0.3) is 0 Å². The van der Waals surface area contributed by atoms with Crippen LogP contribution in [0, 0.1) is 5.82 Å². The molecule has 3 rings (SSSR count). The molecule has 1 aliphatic rings. The third-order valence-corrected chi connectivity index (χ3v) is 4.32. The molecule has 1 aliphatic carbocycles. The van der Waals surface area contributed by atoms with Crippen LogP contribution in [0.5, 0.6) is 0 Å². The van der Waals surface area contributed by atoms with Gasteiger partial charge in [-0.3, -0.25) is 4.79 Å². The molecular weight excluding hydrogens is 259 g/mol. The molecule has 96 valence electrons. The molecule has 1 atom stereocenters. The Bertz CT molecular complexity index is 634. The monoisotopic (exact) mass is 272 g/mol. The van der Waals surface area contributed by atoms with Gasteiger partial charge in [-0.25, -0.2) is 4.39 Å². The predicted octanol–water partition coefficient (Wildman–Crippen LogP) is 4.27. The summed E-state index contributed by atoms with van der Waals surface area (Å²) in [6.45, 7) is 0. The van der Waals surface area contributed by atoms with Crippen LogP contribution in [0.2, 0.25) is 0 Å². The Morgan fingerprint density at radius 2 is 1.89 bits per heavy atom. The highest BCUT2D eigenvalue weighted by Gasteiger charge is 2.30. The van der Waals surface area contributed by atoms with Crippen LogP contribution in [0.3, 0.4) is 0 Å². The molecule has 1 nitrogen and oxygen atoms in total. The maximum Gasteiger partial charge on any atom is 0.164 e. The molecule has 0 unspecified atom stereocenters. The lowest BCUT2D eigenvalue weighted by atomic mass is 9.93. The van der Waals surface area contributed by atoms with Crippen molar-refractivity contribution in [3.05, 3.63) is 65.0 Å². The predicted molar refractivity (Wildman–Crippen MR) is 75.4 cm³/mol. The Labute approximate surface area is 115 Å². The standard InChI is InChI=1S/C16H13FOS/c1-19-12-6-7-13-15(8-12)14(9-16(13)18)10-2-4-11(17)5-3-10/h2-8,14H,9H2,1H3/t14-/m0/s1. The van der Waals surface area contributed by atoms with Crippen LogP contribution in [-0.4, -0.2) is 12.0 Å². The van der Waals surface area contributed by atoms with E-state index in [1.165, 1.54) is 12.1 Å². The third-order valence-electron chi connectivity index (χ3n) is 3.60. The summed E-state index contributed by atoms with van der Waals surface area (Å²) >= 11 is 1.66. The molecule has 0 spiro atoms. The molecular formula is C16H13FOS. The van der Waals surface area contributed by atoms with Crippen molar-refractivity contribution in [1.29, 1.82) is 0 Å². The van der Waals surface area contributed by atoms with Gasteiger partial charge in [0.1, 0.15) is 5.82 Å². The molecule has 0 aliphatic heterocycles. The summed E-state index contributed by atoms with van der Waals surface area (Å²) in [5.41, 5.74) is 2.89. The van der Waals surface area contributed by atoms with E-state index in [4.69, 9.17) is 0 Å². The number of halogens is 1. The highest BCUT2D eigenvalue weighted by molar-refractivity contribution is 7.98. The summed E-state index contributed by atoms with van der Waals surface area (Å²) in [7, 11) is 0. The summed E-state index contributed by atoms with van der Waals surface area (Å²) < 4.78 is 13.0. The highest BCUT2D eigenvalue weighted by Crippen LogP contribution is 2.39. The molecule has 0 radical (unpaired) electrons. The molecule has 3 heteroatoms. The number of hydrogen-bond donors (Lipinski definition) is 0. The number of ketones is 1. The first-order valence-corrected chi connectivity index (χ1v) is 7.38. The molecule has 2 aromatic carbocycles. The molecule has 0 fully saturated rings. The fraction of sp³-hybridized carbons (Fsp3) is 0.188. The van der Waals surface area contributed by atoms with Gasteiger partial charge < -0.3 is 0 Å². The average molecular weight is 272 g/mol. The van der Waals surface area contributed by atoms with Crippen LogP contribution >= 0.6 is 11.8 Å². The zero-order valence-electron chi connectivity index (χ0n) is 10.5. The van der Waals surface area contributed by atoms with Gasteiger partial charge in [-0.1, -0.05) is 18.2 Å². The van der Waals surface area contributed by atoms with E-state index in [1.807, 2.05) is 18.4 Å². The van der Waals surface area contributed by atoms with E-state index in [2.05, 4.69) is 6.07 Å². The minimum Gasteiger partial charge on any atom is -0.294 e. The lowest BCUT2D eigenvalue weighted by Crippen LogP contribution is -1.97. The second-order valence-corrected chi connectivity index (χ2v) is 5.56. The van der Waals surface area contributed by atoms with Crippen molar-refractivity contribution >= 4 is 17.5 Å². The zero-order valence-corrected chi connectivity index (χ0v) is 11.3. The smallest absolute Gasteiger partial charge is 0.164 e. The van der Waals surface area contributed by atoms with E-state index in [0.717, 1.165) is 21.6 Å². The first-order valence-electron chi connectivity index (χ1n) is 6.15. The average Bonchev–Trinajstić information content (AvgIpc) is 2.76. The Kier molecular flexibility index (Phi) is 3.15. The number of Topliss-reactive ketones (excluding diaryl/α,β-unsaturated/α-hetero) is 1. The number of carbonyl (C=O) groups is 1. The van der Waals surface area contributed by atoms with Gasteiger partial charge in [0.25, 0.3) is 0 Å². The van der Waals surface area contributed by atoms with Crippen molar-refractivity contribution in [3.63, 3.8) is 0 Å². The third kappa shape index (κ3) is 2.19. The van der Waals surface area contributed by atoms with Gasteiger partial charge in [0.2, 0.25) is 0 Å². The van der Waals surface area contributed by atoms with E-state index >= 15 is 0 Å². The number of hydrogen-bond acceptors (Lipinski definition) is 2. The van der Waals surface area contributed by atoms with Crippen molar-refractivity contribution in [2.24, 2.45) is 0 Å². The van der Waals surface area contributed by atoms with Crippen molar-refractivity contribution in [2.45, 2.75) is 17.2 Å². The molecule has 0 aromatic heterocycles. The fourth-order valence-electron chi connectivity index (χ4n) is 2.61. The van der Waals surface area contributed by atoms with E-state index in [1.54, 1.807) is 23.9 Å². The van der Waals surface area contributed by atoms with Gasteiger partial charge in [0.05, 0.1) is 0 Å². The fourth-order valence-corrected chi connectivity index (χ4v) is 3.06. The molecule has 0 heterocycles. The van der Waals surface area contributed by atoms with E-state index in [-0.39, 0.29) is 17.5 Å². The molecule has 0 saturated carbocycles. The molecule has 19 heavy (non-hydrogen) atoms. The number of rotatable bonds is 2. The van der Waals surface area contributed by atoms with Crippen LogP contribution < -0.4 is 0 Å². The Hall–Kier alpha value is -1.61. The number of fused-ring (bicyclic) bond motifs is 1. The van der Waals surface area contributed by atoms with E-state index < -0.39 is 0 Å². The normalized spacial score (nSPS) is 17.6. The molecule has 0 saturated heterocycles. The minimum atomic E-state index is -0.244. The van der Waals surface area contributed by atoms with Crippen LogP contribution in [0.4, 0.5) is 4.39 Å². The summed E-state index contributed by atoms with van der Waals surface area (Å²) in [5, 5.41) is 0. The second kappa shape index (κ2) is 4.82. The maximum atomic E-state index is 13.0. The van der Waals surface area contributed by atoms with E-state index in [0.29, 0.717) is 6.42 Å². The van der Waals surface area contributed by atoms with Crippen molar-refractivity contribution < 1.29 is 9.18 Å². The Balaban J connectivity index is 2.07. The maximum absolute atomic E-state index is 13.0. The molecule has 2 aromatic rings. The quantitative estimate of drug-likeness (QED) is 0.760. The van der Waals surface area contributed by atoms with Crippen LogP contribution in [0.15, 0.2) is 47.4 Å². The van der Waals surface area contributed by atoms with Crippen LogP contribution in [-0.2, 0) is 0 Å². The van der Waals surface area contributed by atoms with Crippen molar-refractivity contribution in [2.75, 3.05) is 6.26 Å². The SMILES string of the molecule is CSc1ccc2c(c1)[C@H](c1ccc(F)cc1)CC2=O. The lowest BCUT2D eigenvalue weighted by molar-refractivity contribution is 0.0991. The van der Waals surface area contributed by atoms with Crippen molar-refractivity contribution in [3.8, 4) is 0 Å². The highest BCUT2D eigenvalue weighted by atomic mass is 32.2. The van der Waals surface area contributed by atoms with Crippen molar-refractivity contribution in [1.82, 2.24) is 0 Å².